The number of hydrogen-bond acceptors (Lipinski definition) is 7. The molecule has 2 N–H and O–H groups in total. The van der Waals surface area contributed by atoms with Crippen LogP contribution >= 0.6 is 0 Å². The van der Waals surface area contributed by atoms with E-state index >= 15 is 0 Å². The van der Waals surface area contributed by atoms with E-state index in [9.17, 15) is 14.7 Å². The van der Waals surface area contributed by atoms with Crippen molar-refractivity contribution in [3.8, 4) is 11.1 Å². The van der Waals surface area contributed by atoms with Gasteiger partial charge in [-0.2, -0.15) is 0 Å². The van der Waals surface area contributed by atoms with Gasteiger partial charge in [0, 0.05) is 32.0 Å². The highest BCUT2D eigenvalue weighted by molar-refractivity contribution is 5.83. The Morgan fingerprint density at radius 1 is 0.796 bits per heavy atom. The maximum atomic E-state index is 12.5. The molecule has 0 saturated carbocycles. The smallest absolute Gasteiger partial charge is 0.303 e. The van der Waals surface area contributed by atoms with Crippen LogP contribution in [0.5, 0.6) is 0 Å². The highest BCUT2D eigenvalue weighted by Gasteiger charge is 2.33. The van der Waals surface area contributed by atoms with Gasteiger partial charge in [0.2, 0.25) is 0 Å². The quantitative estimate of drug-likeness (QED) is 0.0697. The Bertz CT molecular complexity index is 1490. The van der Waals surface area contributed by atoms with Gasteiger partial charge in [0.1, 0.15) is 0 Å². The second-order valence-corrected chi connectivity index (χ2v) is 14.9. The Morgan fingerprint density at radius 3 is 2.00 bits per heavy atom. The van der Waals surface area contributed by atoms with Crippen molar-refractivity contribution < 1.29 is 28.9 Å². The number of rotatable bonds is 24. The number of nitrogens with zero attached hydrogens (tertiary/aromatic N) is 1. The lowest BCUT2D eigenvalue weighted by atomic mass is 9.97. The monoisotopic (exact) mass is 742 g/mol. The molecule has 4 unspecified atom stereocenters. The molecule has 1 aliphatic heterocycles. The van der Waals surface area contributed by atoms with Gasteiger partial charge in [0.05, 0.1) is 18.8 Å². The van der Waals surface area contributed by atoms with Crippen molar-refractivity contribution >= 4 is 11.9 Å². The van der Waals surface area contributed by atoms with Gasteiger partial charge in [-0.3, -0.25) is 9.59 Å². The van der Waals surface area contributed by atoms with Crippen LogP contribution in [0.25, 0.3) is 11.1 Å². The fraction of sp³-hybridized carbons (Fsp3) is 0.565. The van der Waals surface area contributed by atoms with E-state index in [1.165, 1.54) is 84.0 Å². The van der Waals surface area contributed by atoms with Crippen molar-refractivity contribution in [3.63, 3.8) is 0 Å². The summed E-state index contributed by atoms with van der Waals surface area (Å²) in [5.74, 6) is -0.825. The first-order valence-electron chi connectivity index (χ1n) is 20.7. The minimum atomic E-state index is -0.858. The maximum Gasteiger partial charge on any atom is 0.303 e. The molecule has 3 aromatic carbocycles. The van der Waals surface area contributed by atoms with Crippen molar-refractivity contribution in [1.29, 1.82) is 0 Å². The summed E-state index contributed by atoms with van der Waals surface area (Å²) in [5.41, 5.74) is 5.93. The van der Waals surface area contributed by atoms with Gasteiger partial charge in [0.15, 0.2) is 12.4 Å². The van der Waals surface area contributed by atoms with E-state index in [1.54, 1.807) is 6.92 Å². The van der Waals surface area contributed by atoms with Crippen LogP contribution in [0.3, 0.4) is 0 Å². The van der Waals surface area contributed by atoms with Gasteiger partial charge in [-0.15, -0.1) is 0 Å². The molecule has 296 valence electrons. The number of nitrogens with one attached hydrogen (secondary N) is 1. The summed E-state index contributed by atoms with van der Waals surface area (Å²) in [4.78, 5) is 26.5. The number of amides is 1. The van der Waals surface area contributed by atoms with Crippen LogP contribution in [0.4, 0.5) is 0 Å². The second-order valence-electron chi connectivity index (χ2n) is 14.9. The summed E-state index contributed by atoms with van der Waals surface area (Å²) < 4.78 is 18.6. The van der Waals surface area contributed by atoms with E-state index in [0.717, 1.165) is 59.4 Å². The number of hydrogen-bond donors (Lipinski definition) is 2. The fourth-order valence-corrected chi connectivity index (χ4v) is 7.25. The third-order valence-corrected chi connectivity index (χ3v) is 10.4. The van der Waals surface area contributed by atoms with E-state index in [4.69, 9.17) is 14.2 Å². The molecule has 0 aliphatic carbocycles. The number of esters is 1. The first kappa shape index (κ1) is 43.2. The minimum Gasteiger partial charge on any atom is -0.453 e. The number of ether oxygens (including phenoxy) is 3. The molecule has 1 fully saturated rings. The molecule has 54 heavy (non-hydrogen) atoms. The highest BCUT2D eigenvalue weighted by Crippen LogP contribution is 2.39. The zero-order valence-electron chi connectivity index (χ0n) is 33.4. The minimum absolute atomic E-state index is 0.00448. The van der Waals surface area contributed by atoms with E-state index in [2.05, 4.69) is 60.5 Å². The van der Waals surface area contributed by atoms with Crippen LogP contribution in [-0.2, 0) is 37.0 Å². The van der Waals surface area contributed by atoms with Crippen molar-refractivity contribution in [3.05, 3.63) is 95.1 Å². The van der Waals surface area contributed by atoms with Crippen LogP contribution < -0.4 is 5.32 Å². The number of carbonyl (C=O) groups excluding carboxylic acids is 2. The average Bonchev–Trinajstić information content (AvgIpc) is 3.19. The Kier molecular flexibility index (Phi) is 19.2. The van der Waals surface area contributed by atoms with E-state index < -0.39 is 18.4 Å². The Labute approximate surface area is 325 Å². The van der Waals surface area contributed by atoms with Gasteiger partial charge in [-0.05, 0) is 60.7 Å². The summed E-state index contributed by atoms with van der Waals surface area (Å²) in [5, 5.41) is 12.6. The number of carbonyl (C=O) groups is 2. The molecule has 8 heteroatoms. The van der Waals surface area contributed by atoms with Crippen LogP contribution in [0.2, 0.25) is 0 Å². The van der Waals surface area contributed by atoms with Gasteiger partial charge >= 0.3 is 5.97 Å². The van der Waals surface area contributed by atoms with Gasteiger partial charge in [-0.25, -0.2) is 0 Å². The number of aliphatic hydroxyl groups is 1. The van der Waals surface area contributed by atoms with Gasteiger partial charge < -0.3 is 29.5 Å². The molecule has 3 aromatic rings. The lowest BCUT2D eigenvalue weighted by Crippen LogP contribution is -2.40. The zero-order chi connectivity index (χ0) is 38.5. The van der Waals surface area contributed by atoms with Crippen LogP contribution in [0.1, 0.15) is 146 Å². The second kappa shape index (κ2) is 24.1. The molecule has 1 saturated heterocycles. The summed E-state index contributed by atoms with van der Waals surface area (Å²) in [6.07, 6.45) is 14.7. The van der Waals surface area contributed by atoms with Crippen LogP contribution in [0, 0.1) is 0 Å². The third kappa shape index (κ3) is 14.6. The van der Waals surface area contributed by atoms with E-state index in [-0.39, 0.29) is 24.7 Å². The summed E-state index contributed by atoms with van der Waals surface area (Å²) in [6.45, 7) is 10.8. The Hall–Kier alpha value is -3.56. The molecular weight excluding hydrogens is 677 g/mol. The van der Waals surface area contributed by atoms with Gasteiger partial charge in [0.25, 0.3) is 5.91 Å². The predicted molar refractivity (Wildman–Crippen MR) is 217 cm³/mol. The number of benzene rings is 3. The average molecular weight is 743 g/mol. The van der Waals surface area contributed by atoms with E-state index in [1.807, 2.05) is 36.4 Å². The molecule has 0 radical (unpaired) electrons. The lowest BCUT2D eigenvalue weighted by molar-refractivity contribution is -0.253. The predicted octanol–water partition coefficient (Wildman–Crippen LogP) is 9.98. The van der Waals surface area contributed by atoms with E-state index in [0.29, 0.717) is 6.54 Å². The lowest BCUT2D eigenvalue weighted by Gasteiger charge is -2.38. The maximum absolute atomic E-state index is 12.5. The first-order chi connectivity index (χ1) is 26.3. The van der Waals surface area contributed by atoms with Crippen molar-refractivity contribution in [2.75, 3.05) is 19.6 Å². The molecule has 0 bridgehead atoms. The largest absolute Gasteiger partial charge is 0.453 e. The molecule has 8 nitrogen and oxygen atoms in total. The third-order valence-electron chi connectivity index (χ3n) is 10.4. The standard InChI is InChI=1S/C46H66N2O6/c1-5-7-9-11-13-17-29-48(30-18-14-12-10-8-6-2)33-42-31-44(39-23-21-37(34-49)22-24-39)54-46(53-42)40-27-25-38(26-28-40)43-20-16-15-19-41(43)32-47-45(51)35(3)52-36(4)50/h15-16,19-28,35,42,44,46,49H,5-14,17-18,29-34H2,1-4H3,(H,47,51). The molecule has 1 amide bonds. The Balaban J connectivity index is 1.49. The molecule has 0 aromatic heterocycles. The summed E-state index contributed by atoms with van der Waals surface area (Å²) >= 11 is 0. The van der Waals surface area contributed by atoms with Crippen molar-refractivity contribution in [2.45, 2.75) is 149 Å². The zero-order valence-corrected chi connectivity index (χ0v) is 33.4. The fourth-order valence-electron chi connectivity index (χ4n) is 7.25. The van der Waals surface area contributed by atoms with Gasteiger partial charge in [-0.1, -0.05) is 151 Å². The Morgan fingerprint density at radius 2 is 1.39 bits per heavy atom. The van der Waals surface area contributed by atoms with Crippen LogP contribution in [-0.4, -0.2) is 53.7 Å². The number of unbranched alkanes of at least 4 members (excludes halogenated alkanes) is 10. The molecular formula is C46H66N2O6. The molecule has 1 heterocycles. The van der Waals surface area contributed by atoms with Crippen molar-refractivity contribution in [1.82, 2.24) is 10.2 Å². The summed E-state index contributed by atoms with van der Waals surface area (Å²) in [6, 6.07) is 24.4. The number of aliphatic hydroxyl groups excluding tert-OH is 1. The highest BCUT2D eigenvalue weighted by atomic mass is 16.7. The molecule has 0 spiro atoms. The van der Waals surface area contributed by atoms with Crippen molar-refractivity contribution in [2.24, 2.45) is 0 Å². The normalized spacial score (nSPS) is 17.7. The van der Waals surface area contributed by atoms with Crippen LogP contribution in [0.15, 0.2) is 72.8 Å². The molecule has 4 rings (SSSR count). The first-order valence-corrected chi connectivity index (χ1v) is 20.7. The molecule has 4 atom stereocenters. The topological polar surface area (TPSA) is 97.3 Å². The SMILES string of the molecule is CCCCCCCCN(CCCCCCCC)CC1CC(c2ccc(CO)cc2)OC(c2ccc(-c3ccccc3CNC(=O)C(C)OC(C)=O)cc2)O1. The summed E-state index contributed by atoms with van der Waals surface area (Å²) in [7, 11) is 0. The molecule has 1 aliphatic rings.